The van der Waals surface area contributed by atoms with Gasteiger partial charge in [0.25, 0.3) is 0 Å². The van der Waals surface area contributed by atoms with Gasteiger partial charge in [0, 0.05) is 16.9 Å². The van der Waals surface area contributed by atoms with E-state index in [9.17, 15) is 5.11 Å². The Morgan fingerprint density at radius 1 is 0.941 bits per heavy atom. The Balaban J connectivity index is 2.24. The fraction of sp³-hybridized carbons (Fsp3) is 0.0667. The maximum Gasteiger partial charge on any atom is 0.156 e. The van der Waals surface area contributed by atoms with Crippen molar-refractivity contribution >= 4 is 5.69 Å². The molecule has 0 bridgehead atoms. The lowest BCUT2D eigenvalue weighted by molar-refractivity contribution is 0.129. The SMILES string of the molecule is C=C1Nc2ccccc2[C@@]1(O)c1ccccc1. The molecule has 0 aromatic heterocycles. The molecule has 2 aromatic rings. The smallest absolute Gasteiger partial charge is 0.156 e. The summed E-state index contributed by atoms with van der Waals surface area (Å²) in [5.74, 6) is 0. The highest BCUT2D eigenvalue weighted by Gasteiger charge is 2.41. The van der Waals surface area contributed by atoms with Gasteiger partial charge in [0.15, 0.2) is 5.60 Å². The molecule has 2 aromatic carbocycles. The third kappa shape index (κ3) is 1.31. The number of benzene rings is 2. The lowest BCUT2D eigenvalue weighted by atomic mass is 9.86. The van der Waals surface area contributed by atoms with Crippen LogP contribution in [-0.4, -0.2) is 5.11 Å². The van der Waals surface area contributed by atoms with E-state index < -0.39 is 5.60 Å². The van der Waals surface area contributed by atoms with E-state index in [1.165, 1.54) is 0 Å². The van der Waals surface area contributed by atoms with Crippen molar-refractivity contribution in [3.63, 3.8) is 0 Å². The molecule has 0 aliphatic carbocycles. The molecule has 3 rings (SSSR count). The van der Waals surface area contributed by atoms with Crippen LogP contribution in [0.25, 0.3) is 0 Å². The van der Waals surface area contributed by atoms with Gasteiger partial charge in [-0.3, -0.25) is 0 Å². The van der Waals surface area contributed by atoms with Crippen LogP contribution >= 0.6 is 0 Å². The van der Waals surface area contributed by atoms with Gasteiger partial charge in [-0.2, -0.15) is 0 Å². The molecule has 0 fully saturated rings. The van der Waals surface area contributed by atoms with Crippen molar-refractivity contribution < 1.29 is 5.11 Å². The number of para-hydroxylation sites is 1. The van der Waals surface area contributed by atoms with Gasteiger partial charge >= 0.3 is 0 Å². The summed E-state index contributed by atoms with van der Waals surface area (Å²) < 4.78 is 0. The fourth-order valence-corrected chi connectivity index (χ4v) is 2.33. The van der Waals surface area contributed by atoms with Crippen LogP contribution in [0.4, 0.5) is 5.69 Å². The summed E-state index contributed by atoms with van der Waals surface area (Å²) in [6.07, 6.45) is 0. The van der Waals surface area contributed by atoms with Crippen molar-refractivity contribution in [3.8, 4) is 0 Å². The molecule has 0 radical (unpaired) electrons. The summed E-state index contributed by atoms with van der Waals surface area (Å²) in [4.78, 5) is 0. The minimum Gasteiger partial charge on any atom is -0.374 e. The summed E-state index contributed by atoms with van der Waals surface area (Å²) in [6, 6.07) is 17.3. The van der Waals surface area contributed by atoms with Gasteiger partial charge in [-0.25, -0.2) is 0 Å². The summed E-state index contributed by atoms with van der Waals surface area (Å²) >= 11 is 0. The predicted octanol–water partition coefficient (Wildman–Crippen LogP) is 2.86. The van der Waals surface area contributed by atoms with E-state index in [0.717, 1.165) is 16.8 Å². The second-order valence-electron chi connectivity index (χ2n) is 4.23. The average Bonchev–Trinajstić information content (AvgIpc) is 2.64. The van der Waals surface area contributed by atoms with E-state index in [2.05, 4.69) is 11.9 Å². The molecule has 17 heavy (non-hydrogen) atoms. The first-order valence-electron chi connectivity index (χ1n) is 5.57. The maximum absolute atomic E-state index is 10.9. The Labute approximate surface area is 100 Å². The molecule has 0 unspecified atom stereocenters. The third-order valence-corrected chi connectivity index (χ3v) is 3.23. The second kappa shape index (κ2) is 3.47. The Hall–Kier alpha value is -2.06. The molecule has 2 heteroatoms. The van der Waals surface area contributed by atoms with Crippen molar-refractivity contribution in [1.29, 1.82) is 0 Å². The fourth-order valence-electron chi connectivity index (χ4n) is 2.33. The molecule has 0 spiro atoms. The number of hydrogen-bond acceptors (Lipinski definition) is 2. The average molecular weight is 223 g/mol. The summed E-state index contributed by atoms with van der Waals surface area (Å²) in [7, 11) is 0. The van der Waals surface area contributed by atoms with E-state index in [4.69, 9.17) is 0 Å². The summed E-state index contributed by atoms with van der Waals surface area (Å²) in [5, 5.41) is 14.1. The van der Waals surface area contributed by atoms with E-state index >= 15 is 0 Å². The Morgan fingerprint density at radius 2 is 1.59 bits per heavy atom. The number of rotatable bonds is 1. The van der Waals surface area contributed by atoms with Crippen LogP contribution in [0, 0.1) is 0 Å². The zero-order chi connectivity index (χ0) is 11.9. The van der Waals surface area contributed by atoms with Crippen LogP contribution in [0.15, 0.2) is 66.9 Å². The van der Waals surface area contributed by atoms with Crippen LogP contribution in [0.2, 0.25) is 0 Å². The minimum atomic E-state index is -1.13. The molecule has 1 atom stereocenters. The van der Waals surface area contributed by atoms with Crippen LogP contribution in [-0.2, 0) is 5.60 Å². The van der Waals surface area contributed by atoms with Crippen molar-refractivity contribution in [1.82, 2.24) is 0 Å². The predicted molar refractivity (Wildman–Crippen MR) is 68.6 cm³/mol. The van der Waals surface area contributed by atoms with Crippen LogP contribution in [0.3, 0.4) is 0 Å². The van der Waals surface area contributed by atoms with Crippen LogP contribution < -0.4 is 5.32 Å². The van der Waals surface area contributed by atoms with Crippen molar-refractivity contribution in [2.75, 3.05) is 5.32 Å². The Morgan fingerprint density at radius 3 is 2.35 bits per heavy atom. The first-order valence-corrected chi connectivity index (χ1v) is 5.57. The number of anilines is 1. The molecule has 1 heterocycles. The zero-order valence-corrected chi connectivity index (χ0v) is 9.35. The van der Waals surface area contributed by atoms with Gasteiger partial charge in [-0.15, -0.1) is 0 Å². The maximum atomic E-state index is 10.9. The zero-order valence-electron chi connectivity index (χ0n) is 9.35. The molecule has 84 valence electrons. The highest BCUT2D eigenvalue weighted by Crippen LogP contribution is 2.45. The lowest BCUT2D eigenvalue weighted by Crippen LogP contribution is -2.26. The van der Waals surface area contributed by atoms with E-state index in [1.807, 2.05) is 54.6 Å². The van der Waals surface area contributed by atoms with Gasteiger partial charge in [-0.05, 0) is 11.6 Å². The second-order valence-corrected chi connectivity index (χ2v) is 4.23. The Bertz CT molecular complexity index is 576. The van der Waals surface area contributed by atoms with Crippen molar-refractivity contribution in [2.45, 2.75) is 5.60 Å². The summed E-state index contributed by atoms with van der Waals surface area (Å²) in [5.41, 5.74) is 2.09. The minimum absolute atomic E-state index is 0.602. The van der Waals surface area contributed by atoms with Gasteiger partial charge in [-0.1, -0.05) is 55.1 Å². The molecule has 2 N–H and O–H groups in total. The summed E-state index contributed by atoms with van der Waals surface area (Å²) in [6.45, 7) is 3.94. The molecule has 1 aliphatic rings. The molecule has 0 saturated carbocycles. The highest BCUT2D eigenvalue weighted by molar-refractivity contribution is 5.69. The van der Waals surface area contributed by atoms with Gasteiger partial charge in [0.2, 0.25) is 0 Å². The van der Waals surface area contributed by atoms with E-state index in [1.54, 1.807) is 0 Å². The topological polar surface area (TPSA) is 32.3 Å². The molecule has 2 nitrogen and oxygen atoms in total. The molecule has 0 amide bonds. The standard InChI is InChI=1S/C15H13NO/c1-11-15(17,12-7-3-2-4-8-12)13-9-5-6-10-14(13)16-11/h2-10,16-17H,1H2/t15-/m0/s1. The van der Waals surface area contributed by atoms with Gasteiger partial charge < -0.3 is 10.4 Å². The highest BCUT2D eigenvalue weighted by atomic mass is 16.3. The molecular formula is C15H13NO. The largest absolute Gasteiger partial charge is 0.374 e. The van der Waals surface area contributed by atoms with Gasteiger partial charge in [0.1, 0.15) is 0 Å². The lowest BCUT2D eigenvalue weighted by Gasteiger charge is -2.24. The first kappa shape index (κ1) is 10.1. The van der Waals surface area contributed by atoms with E-state index in [-0.39, 0.29) is 0 Å². The van der Waals surface area contributed by atoms with Gasteiger partial charge in [0.05, 0.1) is 0 Å². The number of aliphatic hydroxyl groups is 1. The molecule has 1 aliphatic heterocycles. The molecular weight excluding hydrogens is 210 g/mol. The van der Waals surface area contributed by atoms with Crippen molar-refractivity contribution in [2.24, 2.45) is 0 Å². The Kier molecular flexibility index (Phi) is 2.06. The van der Waals surface area contributed by atoms with Crippen LogP contribution in [0.5, 0.6) is 0 Å². The number of fused-ring (bicyclic) bond motifs is 1. The van der Waals surface area contributed by atoms with E-state index in [0.29, 0.717) is 5.70 Å². The normalized spacial score (nSPS) is 22.1. The first-order chi connectivity index (χ1) is 8.23. The quantitative estimate of drug-likeness (QED) is 0.779. The monoisotopic (exact) mass is 223 g/mol. The van der Waals surface area contributed by atoms with Crippen LogP contribution in [0.1, 0.15) is 11.1 Å². The number of hydrogen-bond donors (Lipinski definition) is 2. The number of nitrogens with one attached hydrogen (secondary N) is 1. The molecule has 0 saturated heterocycles. The van der Waals surface area contributed by atoms with Crippen molar-refractivity contribution in [3.05, 3.63) is 78.0 Å². The third-order valence-electron chi connectivity index (χ3n) is 3.23.